The third kappa shape index (κ3) is 2.88. The first-order valence-corrected chi connectivity index (χ1v) is 5.73. The molecular weight excluding hydrogens is 234 g/mol. The van der Waals surface area contributed by atoms with E-state index in [4.69, 9.17) is 11.6 Å². The Morgan fingerprint density at radius 3 is 2.53 bits per heavy atom. The number of benzene rings is 1. The Labute approximate surface area is 106 Å². The molecule has 88 valence electrons. The van der Waals surface area contributed by atoms with Gasteiger partial charge in [0.25, 0.3) is 0 Å². The molecule has 0 atom stereocenters. The quantitative estimate of drug-likeness (QED) is 0.866. The van der Waals surface area contributed by atoms with E-state index in [2.05, 4.69) is 15.6 Å². The Bertz CT molecular complexity index is 526. The van der Waals surface area contributed by atoms with Crippen molar-refractivity contribution in [3.63, 3.8) is 0 Å². The molecule has 0 spiro atoms. The predicted octanol–water partition coefficient (Wildman–Crippen LogP) is 3.83. The van der Waals surface area contributed by atoms with Crippen LogP contribution in [0.1, 0.15) is 5.56 Å². The standard InChI is InChI=1S/C13H14ClN3/c1-9-3-4-10(6-13(9)14)17-12-5-11(15-2)7-16-8-12/h3-8,15,17H,1-2H3. The zero-order valence-electron chi connectivity index (χ0n) is 9.79. The maximum absolute atomic E-state index is 6.07. The molecule has 0 bridgehead atoms. The van der Waals surface area contributed by atoms with Gasteiger partial charge in [-0.25, -0.2) is 0 Å². The van der Waals surface area contributed by atoms with E-state index in [9.17, 15) is 0 Å². The van der Waals surface area contributed by atoms with Gasteiger partial charge in [-0.3, -0.25) is 4.98 Å². The van der Waals surface area contributed by atoms with Crippen molar-refractivity contribution in [3.8, 4) is 0 Å². The lowest BCUT2D eigenvalue weighted by Gasteiger charge is -2.08. The third-order valence-corrected chi connectivity index (χ3v) is 2.89. The van der Waals surface area contributed by atoms with Gasteiger partial charge in [-0.15, -0.1) is 0 Å². The van der Waals surface area contributed by atoms with E-state index in [1.807, 2.05) is 38.2 Å². The Hall–Kier alpha value is -1.74. The third-order valence-electron chi connectivity index (χ3n) is 2.49. The zero-order valence-corrected chi connectivity index (χ0v) is 10.5. The second kappa shape index (κ2) is 5.06. The minimum atomic E-state index is 0.757. The highest BCUT2D eigenvalue weighted by atomic mass is 35.5. The fourth-order valence-electron chi connectivity index (χ4n) is 1.48. The summed E-state index contributed by atoms with van der Waals surface area (Å²) >= 11 is 6.07. The van der Waals surface area contributed by atoms with Crippen molar-refractivity contribution in [1.82, 2.24) is 4.98 Å². The van der Waals surface area contributed by atoms with Crippen molar-refractivity contribution in [3.05, 3.63) is 47.2 Å². The lowest BCUT2D eigenvalue weighted by Crippen LogP contribution is -1.94. The van der Waals surface area contributed by atoms with Gasteiger partial charge in [0, 0.05) is 17.8 Å². The fourth-order valence-corrected chi connectivity index (χ4v) is 1.66. The summed E-state index contributed by atoms with van der Waals surface area (Å²) in [5.74, 6) is 0. The first kappa shape index (κ1) is 11.7. The van der Waals surface area contributed by atoms with Crippen molar-refractivity contribution in [1.29, 1.82) is 0 Å². The van der Waals surface area contributed by atoms with Crippen LogP contribution in [0.15, 0.2) is 36.7 Å². The molecule has 0 saturated heterocycles. The SMILES string of the molecule is CNc1cncc(Nc2ccc(C)c(Cl)c2)c1. The van der Waals surface area contributed by atoms with Gasteiger partial charge in [-0.05, 0) is 30.7 Å². The number of aromatic nitrogens is 1. The molecule has 0 fully saturated rings. The minimum absolute atomic E-state index is 0.757. The van der Waals surface area contributed by atoms with Gasteiger partial charge in [0.1, 0.15) is 0 Å². The van der Waals surface area contributed by atoms with Crippen molar-refractivity contribution >= 4 is 28.7 Å². The lowest BCUT2D eigenvalue weighted by atomic mass is 10.2. The summed E-state index contributed by atoms with van der Waals surface area (Å²) in [6, 6.07) is 7.87. The molecule has 3 nitrogen and oxygen atoms in total. The number of halogens is 1. The van der Waals surface area contributed by atoms with Crippen molar-refractivity contribution < 1.29 is 0 Å². The second-order valence-electron chi connectivity index (χ2n) is 3.80. The fraction of sp³-hybridized carbons (Fsp3) is 0.154. The van der Waals surface area contributed by atoms with Gasteiger partial charge < -0.3 is 10.6 Å². The zero-order chi connectivity index (χ0) is 12.3. The molecule has 1 aromatic heterocycles. The molecule has 0 aliphatic heterocycles. The van der Waals surface area contributed by atoms with E-state index in [1.165, 1.54) is 0 Å². The van der Waals surface area contributed by atoms with Crippen LogP contribution in [-0.4, -0.2) is 12.0 Å². The van der Waals surface area contributed by atoms with E-state index in [0.29, 0.717) is 0 Å². The maximum Gasteiger partial charge on any atom is 0.0591 e. The van der Waals surface area contributed by atoms with Gasteiger partial charge in [0.05, 0.1) is 23.8 Å². The van der Waals surface area contributed by atoms with Crippen LogP contribution in [0.4, 0.5) is 17.1 Å². The monoisotopic (exact) mass is 247 g/mol. The Morgan fingerprint density at radius 2 is 1.82 bits per heavy atom. The summed E-state index contributed by atoms with van der Waals surface area (Å²) < 4.78 is 0. The Balaban J connectivity index is 2.22. The molecule has 0 unspecified atom stereocenters. The van der Waals surface area contributed by atoms with E-state index in [-0.39, 0.29) is 0 Å². The molecule has 2 rings (SSSR count). The molecule has 4 heteroatoms. The number of pyridine rings is 1. The number of aryl methyl sites for hydroxylation is 1. The number of hydrogen-bond acceptors (Lipinski definition) is 3. The minimum Gasteiger partial charge on any atom is -0.387 e. The molecule has 17 heavy (non-hydrogen) atoms. The number of anilines is 3. The summed E-state index contributed by atoms with van der Waals surface area (Å²) in [7, 11) is 1.86. The molecule has 0 amide bonds. The maximum atomic E-state index is 6.07. The molecule has 1 heterocycles. The molecule has 0 aliphatic rings. The number of nitrogens with one attached hydrogen (secondary N) is 2. The van der Waals surface area contributed by atoms with Crippen molar-refractivity contribution in [2.75, 3.05) is 17.7 Å². The largest absolute Gasteiger partial charge is 0.387 e. The Kier molecular flexibility index (Phi) is 3.49. The van der Waals surface area contributed by atoms with Gasteiger partial charge >= 0.3 is 0 Å². The first-order chi connectivity index (χ1) is 8.19. The normalized spacial score (nSPS) is 10.1. The average Bonchev–Trinajstić information content (AvgIpc) is 2.34. The van der Waals surface area contributed by atoms with Crippen LogP contribution in [0, 0.1) is 6.92 Å². The van der Waals surface area contributed by atoms with E-state index in [1.54, 1.807) is 12.4 Å². The Morgan fingerprint density at radius 1 is 1.06 bits per heavy atom. The predicted molar refractivity (Wildman–Crippen MR) is 73.3 cm³/mol. The first-order valence-electron chi connectivity index (χ1n) is 5.35. The lowest BCUT2D eigenvalue weighted by molar-refractivity contribution is 1.30. The molecule has 2 N–H and O–H groups in total. The van der Waals surface area contributed by atoms with E-state index in [0.717, 1.165) is 27.6 Å². The van der Waals surface area contributed by atoms with Crippen LogP contribution in [-0.2, 0) is 0 Å². The summed E-state index contributed by atoms with van der Waals surface area (Å²) in [6.45, 7) is 1.98. The van der Waals surface area contributed by atoms with Gasteiger partial charge in [-0.2, -0.15) is 0 Å². The van der Waals surface area contributed by atoms with Gasteiger partial charge in [-0.1, -0.05) is 17.7 Å². The number of rotatable bonds is 3. The highest BCUT2D eigenvalue weighted by Gasteiger charge is 1.99. The van der Waals surface area contributed by atoms with Crippen LogP contribution < -0.4 is 10.6 Å². The summed E-state index contributed by atoms with van der Waals surface area (Å²) in [5, 5.41) is 7.06. The second-order valence-corrected chi connectivity index (χ2v) is 4.21. The van der Waals surface area contributed by atoms with E-state index >= 15 is 0 Å². The van der Waals surface area contributed by atoms with Crippen LogP contribution >= 0.6 is 11.6 Å². The summed E-state index contributed by atoms with van der Waals surface area (Å²) in [4.78, 5) is 4.13. The molecule has 0 radical (unpaired) electrons. The van der Waals surface area contributed by atoms with Gasteiger partial charge in [0.2, 0.25) is 0 Å². The smallest absolute Gasteiger partial charge is 0.0591 e. The molecule has 1 aromatic carbocycles. The van der Waals surface area contributed by atoms with Crippen molar-refractivity contribution in [2.45, 2.75) is 6.92 Å². The summed E-state index contributed by atoms with van der Waals surface area (Å²) in [5.41, 5.74) is 3.92. The highest BCUT2D eigenvalue weighted by molar-refractivity contribution is 6.31. The van der Waals surface area contributed by atoms with Crippen LogP contribution in [0.3, 0.4) is 0 Å². The number of hydrogen-bond donors (Lipinski definition) is 2. The molecule has 0 saturated carbocycles. The van der Waals surface area contributed by atoms with Crippen LogP contribution in [0.5, 0.6) is 0 Å². The molecule has 0 aliphatic carbocycles. The van der Waals surface area contributed by atoms with Gasteiger partial charge in [0.15, 0.2) is 0 Å². The van der Waals surface area contributed by atoms with Crippen molar-refractivity contribution in [2.24, 2.45) is 0 Å². The molecule has 2 aromatic rings. The topological polar surface area (TPSA) is 37.0 Å². The molecular formula is C13H14ClN3. The summed E-state index contributed by atoms with van der Waals surface area (Å²) in [6.07, 6.45) is 3.54. The van der Waals surface area contributed by atoms with E-state index < -0.39 is 0 Å². The van der Waals surface area contributed by atoms with Crippen LogP contribution in [0.2, 0.25) is 5.02 Å². The van der Waals surface area contributed by atoms with Crippen LogP contribution in [0.25, 0.3) is 0 Å². The number of nitrogens with zero attached hydrogens (tertiary/aromatic N) is 1. The highest BCUT2D eigenvalue weighted by Crippen LogP contribution is 2.23. The average molecular weight is 248 g/mol.